The lowest BCUT2D eigenvalue weighted by Gasteiger charge is -2.22. The first-order valence-electron chi connectivity index (χ1n) is 6.18. The topological polar surface area (TPSA) is 50.4 Å². The Kier molecular flexibility index (Phi) is 7.18. The lowest BCUT2D eigenvalue weighted by atomic mass is 10.00. The molecule has 0 bridgehead atoms. The zero-order valence-corrected chi connectivity index (χ0v) is 12.4. The number of piperidine rings is 1. The Morgan fingerprint density at radius 3 is 3.05 bits per heavy atom. The van der Waals surface area contributed by atoms with Crippen LogP contribution in [0.15, 0.2) is 11.4 Å². The molecule has 20 heavy (non-hydrogen) atoms. The third-order valence-electron chi connectivity index (χ3n) is 3.00. The second-order valence-corrected chi connectivity index (χ2v) is 5.33. The van der Waals surface area contributed by atoms with E-state index in [-0.39, 0.29) is 28.9 Å². The van der Waals surface area contributed by atoms with Crippen LogP contribution in [0.25, 0.3) is 0 Å². The number of alkyl halides is 2. The molecule has 2 N–H and O–H groups in total. The minimum absolute atomic E-state index is 0. The molecule has 1 saturated heterocycles. The fraction of sp³-hybridized carbons (Fsp3) is 0.583. The second kappa shape index (κ2) is 8.39. The lowest BCUT2D eigenvalue weighted by Crippen LogP contribution is -2.38. The molecule has 1 atom stereocenters. The molecule has 0 aromatic carbocycles. The Hall–Kier alpha value is -0.920. The monoisotopic (exact) mass is 326 g/mol. The van der Waals surface area contributed by atoms with Crippen molar-refractivity contribution in [2.24, 2.45) is 5.92 Å². The largest absolute Gasteiger partial charge is 0.433 e. The van der Waals surface area contributed by atoms with Crippen molar-refractivity contribution in [3.8, 4) is 5.75 Å². The van der Waals surface area contributed by atoms with Crippen LogP contribution in [0.2, 0.25) is 0 Å². The molecular weight excluding hydrogens is 310 g/mol. The number of carbonyl (C=O) groups excluding carboxylic acids is 1. The van der Waals surface area contributed by atoms with Gasteiger partial charge in [-0.25, -0.2) is 0 Å². The van der Waals surface area contributed by atoms with Crippen molar-refractivity contribution in [3.05, 3.63) is 16.3 Å². The molecule has 2 heterocycles. The molecule has 1 amide bonds. The van der Waals surface area contributed by atoms with E-state index >= 15 is 0 Å². The zero-order valence-electron chi connectivity index (χ0n) is 10.7. The maximum Gasteiger partial charge on any atom is 0.387 e. The minimum Gasteiger partial charge on any atom is -0.433 e. The van der Waals surface area contributed by atoms with E-state index < -0.39 is 6.61 Å². The van der Waals surface area contributed by atoms with Crippen molar-refractivity contribution in [2.75, 3.05) is 19.6 Å². The van der Waals surface area contributed by atoms with E-state index in [1.165, 1.54) is 6.07 Å². The van der Waals surface area contributed by atoms with Crippen LogP contribution in [0.4, 0.5) is 8.78 Å². The van der Waals surface area contributed by atoms with E-state index in [4.69, 9.17) is 0 Å². The summed E-state index contributed by atoms with van der Waals surface area (Å²) in [6.45, 7) is -0.464. The van der Waals surface area contributed by atoms with Gasteiger partial charge in [-0.2, -0.15) is 8.78 Å². The van der Waals surface area contributed by atoms with Gasteiger partial charge in [0.25, 0.3) is 5.91 Å². The van der Waals surface area contributed by atoms with Gasteiger partial charge in [-0.15, -0.1) is 23.7 Å². The SMILES string of the molecule is Cl.O=C(NCC1CCCNC1)c1sccc1OC(F)F. The first kappa shape index (κ1) is 17.1. The van der Waals surface area contributed by atoms with Crippen molar-refractivity contribution >= 4 is 29.7 Å². The Labute approximate surface area is 126 Å². The van der Waals surface area contributed by atoms with E-state index in [1.807, 2.05) is 0 Å². The van der Waals surface area contributed by atoms with Crippen LogP contribution in [0.5, 0.6) is 5.75 Å². The fourth-order valence-electron chi connectivity index (χ4n) is 2.07. The number of ether oxygens (including phenoxy) is 1. The van der Waals surface area contributed by atoms with E-state index in [0.29, 0.717) is 12.5 Å². The molecule has 1 unspecified atom stereocenters. The van der Waals surface area contributed by atoms with Crippen molar-refractivity contribution in [3.63, 3.8) is 0 Å². The first-order valence-corrected chi connectivity index (χ1v) is 7.06. The van der Waals surface area contributed by atoms with Gasteiger partial charge in [0.1, 0.15) is 10.6 Å². The number of hydrogen-bond acceptors (Lipinski definition) is 4. The molecule has 1 fully saturated rings. The lowest BCUT2D eigenvalue weighted by molar-refractivity contribution is -0.0498. The Morgan fingerprint density at radius 2 is 2.40 bits per heavy atom. The predicted molar refractivity (Wildman–Crippen MR) is 76.1 cm³/mol. The number of halogens is 3. The van der Waals surface area contributed by atoms with Gasteiger partial charge in [-0.05, 0) is 43.3 Å². The average molecular weight is 327 g/mol. The van der Waals surface area contributed by atoms with Crippen LogP contribution in [0.3, 0.4) is 0 Å². The van der Waals surface area contributed by atoms with Gasteiger partial charge in [-0.3, -0.25) is 4.79 Å². The molecule has 0 radical (unpaired) electrons. The summed E-state index contributed by atoms with van der Waals surface area (Å²) in [5, 5.41) is 7.60. The third kappa shape index (κ3) is 4.88. The molecule has 0 aliphatic carbocycles. The van der Waals surface area contributed by atoms with Gasteiger partial charge in [0, 0.05) is 6.54 Å². The van der Waals surface area contributed by atoms with E-state index in [0.717, 1.165) is 37.3 Å². The highest BCUT2D eigenvalue weighted by molar-refractivity contribution is 7.12. The van der Waals surface area contributed by atoms with Crippen LogP contribution in [0, 0.1) is 5.92 Å². The smallest absolute Gasteiger partial charge is 0.387 e. The molecule has 0 saturated carbocycles. The Morgan fingerprint density at radius 1 is 1.60 bits per heavy atom. The number of thiophene rings is 1. The average Bonchev–Trinajstić information content (AvgIpc) is 2.84. The van der Waals surface area contributed by atoms with Crippen LogP contribution in [0.1, 0.15) is 22.5 Å². The molecule has 4 nitrogen and oxygen atoms in total. The number of rotatable bonds is 5. The molecule has 1 aliphatic heterocycles. The second-order valence-electron chi connectivity index (χ2n) is 4.41. The highest BCUT2D eigenvalue weighted by atomic mass is 35.5. The van der Waals surface area contributed by atoms with Gasteiger partial charge in [-0.1, -0.05) is 0 Å². The molecule has 114 valence electrons. The van der Waals surface area contributed by atoms with E-state index in [9.17, 15) is 13.6 Å². The van der Waals surface area contributed by atoms with Gasteiger partial charge >= 0.3 is 6.61 Å². The quantitative estimate of drug-likeness (QED) is 0.874. The predicted octanol–water partition coefficient (Wildman–Crippen LogP) is 2.50. The molecule has 1 aromatic heterocycles. The van der Waals surface area contributed by atoms with E-state index in [2.05, 4.69) is 15.4 Å². The van der Waals surface area contributed by atoms with Crippen LogP contribution >= 0.6 is 23.7 Å². The summed E-state index contributed by atoms with van der Waals surface area (Å²) < 4.78 is 28.6. The number of carbonyl (C=O) groups is 1. The molecule has 1 aliphatic rings. The minimum atomic E-state index is -2.91. The maximum atomic E-state index is 12.2. The van der Waals surface area contributed by atoms with Gasteiger partial charge in [0.05, 0.1) is 0 Å². The molecule has 0 spiro atoms. The normalized spacial score (nSPS) is 18.4. The van der Waals surface area contributed by atoms with Gasteiger partial charge < -0.3 is 15.4 Å². The standard InChI is InChI=1S/C12H16F2N2O2S.ClH/c13-12(14)18-9-3-5-19-10(9)11(17)16-7-8-2-1-4-15-6-8;/h3,5,8,12,15H,1-2,4,6-7H2,(H,16,17);1H. The third-order valence-corrected chi connectivity index (χ3v) is 3.90. The van der Waals surface area contributed by atoms with Crippen LogP contribution in [-0.2, 0) is 0 Å². The summed E-state index contributed by atoms with van der Waals surface area (Å²) in [7, 11) is 0. The zero-order chi connectivity index (χ0) is 13.7. The number of hydrogen-bond donors (Lipinski definition) is 2. The molecule has 2 rings (SSSR count). The van der Waals surface area contributed by atoms with Crippen molar-refractivity contribution < 1.29 is 18.3 Å². The van der Waals surface area contributed by atoms with Crippen molar-refractivity contribution in [1.82, 2.24) is 10.6 Å². The highest BCUT2D eigenvalue weighted by Gasteiger charge is 2.19. The first-order chi connectivity index (χ1) is 9.16. The Bertz CT molecular complexity index is 425. The number of nitrogens with one attached hydrogen (secondary N) is 2. The van der Waals surface area contributed by atoms with Crippen LogP contribution < -0.4 is 15.4 Å². The highest BCUT2D eigenvalue weighted by Crippen LogP contribution is 2.26. The van der Waals surface area contributed by atoms with Gasteiger partial charge in [0.2, 0.25) is 0 Å². The summed E-state index contributed by atoms with van der Waals surface area (Å²) in [6.07, 6.45) is 2.16. The molecular formula is C12H17ClF2N2O2S. The molecule has 8 heteroatoms. The fourth-order valence-corrected chi connectivity index (χ4v) is 2.81. The summed E-state index contributed by atoms with van der Waals surface area (Å²) in [6, 6.07) is 1.38. The van der Waals surface area contributed by atoms with Crippen molar-refractivity contribution in [1.29, 1.82) is 0 Å². The van der Waals surface area contributed by atoms with Crippen molar-refractivity contribution in [2.45, 2.75) is 19.5 Å². The summed E-state index contributed by atoms with van der Waals surface area (Å²) >= 11 is 1.10. The summed E-state index contributed by atoms with van der Waals surface area (Å²) in [5.41, 5.74) is 0. The summed E-state index contributed by atoms with van der Waals surface area (Å²) in [4.78, 5) is 12.1. The van der Waals surface area contributed by atoms with Crippen LogP contribution in [-0.4, -0.2) is 32.2 Å². The molecule has 1 aromatic rings. The van der Waals surface area contributed by atoms with E-state index in [1.54, 1.807) is 5.38 Å². The summed E-state index contributed by atoms with van der Waals surface area (Å²) in [5.74, 6) is -0.00683. The Balaban J connectivity index is 0.00000200. The number of amides is 1. The maximum absolute atomic E-state index is 12.2. The van der Waals surface area contributed by atoms with Gasteiger partial charge in [0.15, 0.2) is 0 Å².